The van der Waals surface area contributed by atoms with E-state index >= 15 is 0 Å². The average molecular weight is 213 g/mol. The number of hydrogen-bond donors (Lipinski definition) is 1. The molecule has 2 aromatic rings. The summed E-state index contributed by atoms with van der Waals surface area (Å²) in [5, 5.41) is 0. The van der Waals surface area contributed by atoms with E-state index in [1.54, 1.807) is 0 Å². The van der Waals surface area contributed by atoms with Gasteiger partial charge in [0.2, 0.25) is 0 Å². The Kier molecular flexibility index (Phi) is 2.26. The Labute approximate surface area is 94.9 Å². The van der Waals surface area contributed by atoms with Crippen LogP contribution in [0.2, 0.25) is 0 Å². The molecule has 82 valence electrons. The van der Waals surface area contributed by atoms with Gasteiger partial charge in [0.25, 0.3) is 0 Å². The third-order valence-corrected chi connectivity index (χ3v) is 3.12. The van der Waals surface area contributed by atoms with Gasteiger partial charge in [-0.15, -0.1) is 0 Å². The maximum Gasteiger partial charge on any atom is 0.109 e. The van der Waals surface area contributed by atoms with E-state index in [9.17, 15) is 0 Å². The van der Waals surface area contributed by atoms with Gasteiger partial charge in [0, 0.05) is 31.3 Å². The van der Waals surface area contributed by atoms with Crippen LogP contribution >= 0.6 is 0 Å². The number of aryl methyl sites for hydroxylation is 2. The Morgan fingerprint density at radius 1 is 1.38 bits per heavy atom. The standard InChI is InChI=1S/C13H15N3/c14-8-10-3-1-4-11(7-10)12-9-16-6-2-5-13(16)15-12/h1,3-4,7,9H,2,5-6,8,14H2. The maximum absolute atomic E-state index is 5.64. The molecule has 0 amide bonds. The summed E-state index contributed by atoms with van der Waals surface area (Å²) in [7, 11) is 0. The minimum atomic E-state index is 0.585. The summed E-state index contributed by atoms with van der Waals surface area (Å²) in [5.41, 5.74) is 9.05. The van der Waals surface area contributed by atoms with Crippen molar-refractivity contribution in [3.05, 3.63) is 41.9 Å². The number of nitrogens with two attached hydrogens (primary N) is 1. The number of imidazole rings is 1. The lowest BCUT2D eigenvalue weighted by atomic mass is 10.1. The molecule has 0 fully saturated rings. The fourth-order valence-corrected chi connectivity index (χ4v) is 2.25. The molecular weight excluding hydrogens is 198 g/mol. The first-order chi connectivity index (χ1) is 7.86. The molecule has 0 aliphatic carbocycles. The Morgan fingerprint density at radius 3 is 3.12 bits per heavy atom. The summed E-state index contributed by atoms with van der Waals surface area (Å²) in [6.45, 7) is 1.69. The summed E-state index contributed by atoms with van der Waals surface area (Å²) in [6, 6.07) is 8.31. The fourth-order valence-electron chi connectivity index (χ4n) is 2.25. The van der Waals surface area contributed by atoms with Crippen LogP contribution in [0.1, 0.15) is 17.8 Å². The summed E-state index contributed by atoms with van der Waals surface area (Å²) >= 11 is 0. The van der Waals surface area contributed by atoms with E-state index in [2.05, 4.69) is 27.9 Å². The average Bonchev–Trinajstić information content (AvgIpc) is 2.89. The molecular formula is C13H15N3. The van der Waals surface area contributed by atoms with E-state index in [1.807, 2.05) is 12.1 Å². The lowest BCUT2D eigenvalue weighted by Crippen LogP contribution is -1.95. The molecule has 16 heavy (non-hydrogen) atoms. The second-order valence-electron chi connectivity index (χ2n) is 4.24. The van der Waals surface area contributed by atoms with Crippen molar-refractivity contribution < 1.29 is 0 Å². The molecule has 0 saturated heterocycles. The third kappa shape index (κ3) is 1.53. The highest BCUT2D eigenvalue weighted by Gasteiger charge is 2.14. The molecule has 1 aliphatic rings. The summed E-state index contributed by atoms with van der Waals surface area (Å²) in [5.74, 6) is 1.22. The topological polar surface area (TPSA) is 43.8 Å². The van der Waals surface area contributed by atoms with Crippen molar-refractivity contribution in [1.82, 2.24) is 9.55 Å². The zero-order chi connectivity index (χ0) is 11.0. The van der Waals surface area contributed by atoms with Gasteiger partial charge in [-0.25, -0.2) is 4.98 Å². The molecule has 1 aromatic heterocycles. The summed E-state index contributed by atoms with van der Waals surface area (Å²) in [6.07, 6.45) is 4.49. The number of aromatic nitrogens is 2. The van der Waals surface area contributed by atoms with E-state index in [0.29, 0.717) is 6.54 Å². The van der Waals surface area contributed by atoms with Crippen molar-refractivity contribution in [2.24, 2.45) is 5.73 Å². The Balaban J connectivity index is 2.01. The molecule has 3 heteroatoms. The Hall–Kier alpha value is -1.61. The molecule has 0 bridgehead atoms. The summed E-state index contributed by atoms with van der Waals surface area (Å²) < 4.78 is 2.25. The number of fused-ring (bicyclic) bond motifs is 1. The Bertz CT molecular complexity index is 492. The molecule has 3 rings (SSSR count). The minimum Gasteiger partial charge on any atom is -0.334 e. The van der Waals surface area contributed by atoms with Gasteiger partial charge in [0.05, 0.1) is 5.69 Å². The fraction of sp³-hybridized carbons (Fsp3) is 0.308. The van der Waals surface area contributed by atoms with Crippen LogP contribution < -0.4 is 5.73 Å². The number of hydrogen-bond acceptors (Lipinski definition) is 2. The monoisotopic (exact) mass is 213 g/mol. The second kappa shape index (κ2) is 3.76. The van der Waals surface area contributed by atoms with Gasteiger partial charge in [-0.2, -0.15) is 0 Å². The lowest BCUT2D eigenvalue weighted by Gasteiger charge is -2.00. The quantitative estimate of drug-likeness (QED) is 0.828. The van der Waals surface area contributed by atoms with Crippen LogP contribution in [0.3, 0.4) is 0 Å². The van der Waals surface area contributed by atoms with Gasteiger partial charge < -0.3 is 10.3 Å². The van der Waals surface area contributed by atoms with Gasteiger partial charge in [0.1, 0.15) is 5.82 Å². The van der Waals surface area contributed by atoms with Crippen molar-refractivity contribution in [3.63, 3.8) is 0 Å². The van der Waals surface area contributed by atoms with Crippen LogP contribution in [-0.4, -0.2) is 9.55 Å². The van der Waals surface area contributed by atoms with Crippen molar-refractivity contribution in [3.8, 4) is 11.3 Å². The van der Waals surface area contributed by atoms with Crippen molar-refractivity contribution in [2.45, 2.75) is 25.9 Å². The first-order valence-electron chi connectivity index (χ1n) is 5.72. The second-order valence-corrected chi connectivity index (χ2v) is 4.24. The molecule has 1 aromatic carbocycles. The van der Waals surface area contributed by atoms with Crippen molar-refractivity contribution in [2.75, 3.05) is 0 Å². The SMILES string of the molecule is NCc1cccc(-c2cn3c(n2)CCC3)c1. The number of benzene rings is 1. The molecule has 1 aliphatic heterocycles. The van der Waals surface area contributed by atoms with Crippen LogP contribution in [-0.2, 0) is 19.5 Å². The first kappa shape index (κ1) is 9.60. The number of rotatable bonds is 2. The van der Waals surface area contributed by atoms with Gasteiger partial charge in [-0.05, 0) is 18.1 Å². The zero-order valence-corrected chi connectivity index (χ0v) is 9.19. The van der Waals surface area contributed by atoms with E-state index in [4.69, 9.17) is 5.73 Å². The molecule has 3 nitrogen and oxygen atoms in total. The van der Waals surface area contributed by atoms with Gasteiger partial charge >= 0.3 is 0 Å². The predicted molar refractivity (Wildman–Crippen MR) is 63.9 cm³/mol. The lowest BCUT2D eigenvalue weighted by molar-refractivity contribution is 0.750. The molecule has 0 spiro atoms. The van der Waals surface area contributed by atoms with E-state index in [-0.39, 0.29) is 0 Å². The highest BCUT2D eigenvalue weighted by Crippen LogP contribution is 2.23. The van der Waals surface area contributed by atoms with Gasteiger partial charge in [-0.1, -0.05) is 18.2 Å². The van der Waals surface area contributed by atoms with E-state index in [0.717, 1.165) is 24.2 Å². The van der Waals surface area contributed by atoms with Crippen LogP contribution in [0.5, 0.6) is 0 Å². The highest BCUT2D eigenvalue weighted by molar-refractivity contribution is 5.59. The van der Waals surface area contributed by atoms with E-state index in [1.165, 1.54) is 17.8 Å². The van der Waals surface area contributed by atoms with Crippen molar-refractivity contribution >= 4 is 0 Å². The van der Waals surface area contributed by atoms with Gasteiger partial charge in [-0.3, -0.25) is 0 Å². The van der Waals surface area contributed by atoms with Crippen LogP contribution in [0.15, 0.2) is 30.5 Å². The molecule has 2 N–H and O–H groups in total. The van der Waals surface area contributed by atoms with Crippen molar-refractivity contribution in [1.29, 1.82) is 0 Å². The normalized spacial score (nSPS) is 14.1. The number of nitrogens with zero attached hydrogens (tertiary/aromatic N) is 2. The smallest absolute Gasteiger partial charge is 0.109 e. The molecule has 0 saturated carbocycles. The Morgan fingerprint density at radius 2 is 2.31 bits per heavy atom. The molecule has 0 atom stereocenters. The predicted octanol–water partition coefficient (Wildman–Crippen LogP) is 1.96. The molecule has 0 unspecified atom stereocenters. The third-order valence-electron chi connectivity index (χ3n) is 3.12. The highest BCUT2D eigenvalue weighted by atomic mass is 15.1. The van der Waals surface area contributed by atoms with Crippen LogP contribution in [0.4, 0.5) is 0 Å². The first-order valence-corrected chi connectivity index (χ1v) is 5.72. The maximum atomic E-state index is 5.64. The van der Waals surface area contributed by atoms with Gasteiger partial charge in [0.15, 0.2) is 0 Å². The van der Waals surface area contributed by atoms with Crippen LogP contribution in [0, 0.1) is 0 Å². The van der Waals surface area contributed by atoms with Crippen LogP contribution in [0.25, 0.3) is 11.3 Å². The molecule has 0 radical (unpaired) electrons. The minimum absolute atomic E-state index is 0.585. The summed E-state index contributed by atoms with van der Waals surface area (Å²) in [4.78, 5) is 4.66. The molecule has 2 heterocycles. The zero-order valence-electron chi connectivity index (χ0n) is 9.19. The largest absolute Gasteiger partial charge is 0.334 e. The van der Waals surface area contributed by atoms with E-state index < -0.39 is 0 Å².